The molecule has 0 bridgehead atoms. The molecule has 1 aliphatic heterocycles. The molecule has 2 fully saturated rings. The molecule has 1 heterocycles. The molecule has 0 aromatic rings. The van der Waals surface area contributed by atoms with Gasteiger partial charge in [-0.3, -0.25) is 9.80 Å². The summed E-state index contributed by atoms with van der Waals surface area (Å²) in [6, 6.07) is 0.445. The number of carbonyl (C=O) groups is 1. The molecule has 2 aliphatic rings. The first-order chi connectivity index (χ1) is 6.16. The maximum absolute atomic E-state index is 11.5. The summed E-state index contributed by atoms with van der Waals surface area (Å²) in [6.45, 7) is 2.54. The van der Waals surface area contributed by atoms with Crippen LogP contribution in [0, 0.1) is 5.92 Å². The van der Waals surface area contributed by atoms with Crippen LogP contribution in [0.2, 0.25) is 0 Å². The Morgan fingerprint density at radius 1 is 1.69 bits per heavy atom. The van der Waals surface area contributed by atoms with Gasteiger partial charge in [0.1, 0.15) is 0 Å². The molecule has 1 saturated carbocycles. The van der Waals surface area contributed by atoms with Crippen molar-refractivity contribution in [1.29, 1.82) is 0 Å². The minimum absolute atomic E-state index is 0.0504. The Kier molecular flexibility index (Phi) is 2.26. The van der Waals surface area contributed by atoms with E-state index in [0.717, 1.165) is 5.92 Å². The van der Waals surface area contributed by atoms with Gasteiger partial charge in [-0.05, 0) is 25.7 Å². The van der Waals surface area contributed by atoms with E-state index < -0.39 is 0 Å². The summed E-state index contributed by atoms with van der Waals surface area (Å²) in [5.41, 5.74) is 8.88. The number of carbonyl (C=O) groups excluding carboxylic acids is 1. The Hall–Kier alpha value is -0.610. The Balaban J connectivity index is 1.87. The van der Waals surface area contributed by atoms with E-state index in [-0.39, 0.29) is 11.9 Å². The van der Waals surface area contributed by atoms with Gasteiger partial charge in [-0.1, -0.05) is 0 Å². The van der Waals surface area contributed by atoms with Crippen molar-refractivity contribution in [2.24, 2.45) is 11.7 Å². The number of nitrogens with two attached hydrogens (primary N) is 1. The molecule has 2 rings (SSSR count). The summed E-state index contributed by atoms with van der Waals surface area (Å²) in [6.07, 6.45) is 3.21. The molecule has 3 N–H and O–H groups in total. The van der Waals surface area contributed by atoms with E-state index in [9.17, 15) is 4.79 Å². The van der Waals surface area contributed by atoms with E-state index in [4.69, 9.17) is 5.73 Å². The third kappa shape index (κ3) is 2.00. The van der Waals surface area contributed by atoms with Gasteiger partial charge >= 0.3 is 0 Å². The summed E-state index contributed by atoms with van der Waals surface area (Å²) in [5.74, 6) is 0.941. The van der Waals surface area contributed by atoms with Crippen LogP contribution < -0.4 is 11.2 Å². The van der Waals surface area contributed by atoms with Crippen LogP contribution in [-0.4, -0.2) is 29.5 Å². The van der Waals surface area contributed by atoms with Crippen LogP contribution in [0.15, 0.2) is 0 Å². The third-order valence-electron chi connectivity index (χ3n) is 2.68. The van der Waals surface area contributed by atoms with Crippen LogP contribution in [0.4, 0.5) is 0 Å². The number of hydrogen-bond donors (Lipinski definition) is 2. The molecule has 1 amide bonds. The lowest BCUT2D eigenvalue weighted by atomic mass is 10.1. The first kappa shape index (κ1) is 8.97. The average Bonchev–Trinajstić information content (AvgIpc) is 2.79. The van der Waals surface area contributed by atoms with E-state index in [1.807, 2.05) is 6.92 Å². The van der Waals surface area contributed by atoms with E-state index in [1.165, 1.54) is 12.8 Å². The molecular weight excluding hydrogens is 166 g/mol. The fraction of sp³-hybridized carbons (Fsp3) is 0.889. The highest BCUT2D eigenvalue weighted by molar-refractivity contribution is 5.78. The van der Waals surface area contributed by atoms with Crippen LogP contribution in [0.5, 0.6) is 0 Å². The zero-order chi connectivity index (χ0) is 9.42. The smallest absolute Gasteiger partial charge is 0.238 e. The van der Waals surface area contributed by atoms with Crippen molar-refractivity contribution in [1.82, 2.24) is 10.4 Å². The number of nitrogens with one attached hydrogen (secondary N) is 1. The molecule has 1 aliphatic carbocycles. The zero-order valence-corrected chi connectivity index (χ0v) is 7.99. The standard InChI is InChI=1S/C9H17N3O/c1-6(10)5-12-9(13)4-8(11-12)7-2-3-7/h6-8,11H,2-5,10H2,1H3. The molecule has 2 atom stereocenters. The highest BCUT2D eigenvalue weighted by Gasteiger charge is 2.39. The van der Waals surface area contributed by atoms with Crippen molar-refractivity contribution in [2.75, 3.05) is 6.54 Å². The Labute approximate surface area is 78.4 Å². The molecule has 74 valence electrons. The van der Waals surface area contributed by atoms with Gasteiger partial charge in [0, 0.05) is 18.5 Å². The monoisotopic (exact) mass is 183 g/mol. The number of nitrogens with zero attached hydrogens (tertiary/aromatic N) is 1. The van der Waals surface area contributed by atoms with Crippen LogP contribution in [0.3, 0.4) is 0 Å². The molecule has 1 saturated heterocycles. The fourth-order valence-corrected chi connectivity index (χ4v) is 1.83. The molecule has 0 radical (unpaired) electrons. The molecule has 13 heavy (non-hydrogen) atoms. The summed E-state index contributed by atoms with van der Waals surface area (Å²) >= 11 is 0. The molecule has 0 spiro atoms. The van der Waals surface area contributed by atoms with Crippen LogP contribution in [0.1, 0.15) is 26.2 Å². The van der Waals surface area contributed by atoms with Gasteiger partial charge in [0.15, 0.2) is 0 Å². The highest BCUT2D eigenvalue weighted by Crippen LogP contribution is 2.36. The summed E-state index contributed by atoms with van der Waals surface area (Å²) in [4.78, 5) is 11.5. The number of hydrazine groups is 1. The van der Waals surface area contributed by atoms with Gasteiger partial charge in [-0.15, -0.1) is 0 Å². The topological polar surface area (TPSA) is 58.4 Å². The minimum Gasteiger partial charge on any atom is -0.326 e. The van der Waals surface area contributed by atoms with E-state index in [2.05, 4.69) is 5.43 Å². The van der Waals surface area contributed by atoms with Gasteiger partial charge in [0.05, 0.1) is 6.54 Å². The van der Waals surface area contributed by atoms with Crippen molar-refractivity contribution < 1.29 is 4.79 Å². The summed E-state index contributed by atoms with van der Waals surface area (Å²) in [5, 5.41) is 1.69. The van der Waals surface area contributed by atoms with Crippen molar-refractivity contribution in [3.63, 3.8) is 0 Å². The lowest BCUT2D eigenvalue weighted by Gasteiger charge is -2.19. The first-order valence-electron chi connectivity index (χ1n) is 4.99. The van der Waals surface area contributed by atoms with Gasteiger partial charge in [0.25, 0.3) is 0 Å². The van der Waals surface area contributed by atoms with E-state index >= 15 is 0 Å². The number of rotatable bonds is 3. The maximum Gasteiger partial charge on any atom is 0.238 e. The zero-order valence-electron chi connectivity index (χ0n) is 7.99. The molecule has 2 unspecified atom stereocenters. The van der Waals surface area contributed by atoms with Crippen molar-refractivity contribution in [2.45, 2.75) is 38.3 Å². The predicted molar refractivity (Wildman–Crippen MR) is 49.6 cm³/mol. The lowest BCUT2D eigenvalue weighted by Crippen LogP contribution is -2.44. The fourth-order valence-electron chi connectivity index (χ4n) is 1.83. The van der Waals surface area contributed by atoms with Crippen molar-refractivity contribution in [3.8, 4) is 0 Å². The largest absolute Gasteiger partial charge is 0.326 e. The molecule has 4 nitrogen and oxygen atoms in total. The van der Waals surface area contributed by atoms with Gasteiger partial charge in [0.2, 0.25) is 5.91 Å². The highest BCUT2D eigenvalue weighted by atomic mass is 16.2. The third-order valence-corrected chi connectivity index (χ3v) is 2.68. The second kappa shape index (κ2) is 3.27. The van der Waals surface area contributed by atoms with E-state index in [1.54, 1.807) is 5.01 Å². The van der Waals surface area contributed by atoms with E-state index in [0.29, 0.717) is 19.0 Å². The average molecular weight is 183 g/mol. The Morgan fingerprint density at radius 2 is 2.38 bits per heavy atom. The predicted octanol–water partition coefficient (Wildman–Crippen LogP) is -0.151. The maximum atomic E-state index is 11.5. The normalized spacial score (nSPS) is 31.1. The Morgan fingerprint density at radius 3 is 2.92 bits per heavy atom. The molecule has 4 heteroatoms. The minimum atomic E-state index is 0.0504. The van der Waals surface area contributed by atoms with Gasteiger partial charge < -0.3 is 5.73 Å². The molecule has 0 aromatic heterocycles. The Bertz CT molecular complexity index is 213. The SMILES string of the molecule is CC(N)CN1NC(C2CC2)CC1=O. The molecule has 0 aromatic carbocycles. The van der Waals surface area contributed by atoms with Crippen molar-refractivity contribution in [3.05, 3.63) is 0 Å². The number of hydrogen-bond acceptors (Lipinski definition) is 3. The van der Waals surface area contributed by atoms with Crippen molar-refractivity contribution >= 4 is 5.91 Å². The van der Waals surface area contributed by atoms with Crippen LogP contribution in [-0.2, 0) is 4.79 Å². The van der Waals surface area contributed by atoms with Crippen LogP contribution >= 0.6 is 0 Å². The first-order valence-corrected chi connectivity index (χ1v) is 4.99. The summed E-state index contributed by atoms with van der Waals surface area (Å²) in [7, 11) is 0. The van der Waals surface area contributed by atoms with Gasteiger partial charge in [-0.25, -0.2) is 5.43 Å². The second-order valence-corrected chi connectivity index (χ2v) is 4.26. The summed E-state index contributed by atoms with van der Waals surface area (Å²) < 4.78 is 0. The number of amides is 1. The quantitative estimate of drug-likeness (QED) is 0.639. The van der Waals surface area contributed by atoms with Gasteiger partial charge in [-0.2, -0.15) is 0 Å². The molecular formula is C9H17N3O. The second-order valence-electron chi connectivity index (χ2n) is 4.26. The van der Waals surface area contributed by atoms with Crippen LogP contribution in [0.25, 0.3) is 0 Å². The lowest BCUT2D eigenvalue weighted by molar-refractivity contribution is -0.129.